The summed E-state index contributed by atoms with van der Waals surface area (Å²) < 4.78 is 45.6. The van der Waals surface area contributed by atoms with Crippen molar-refractivity contribution in [2.45, 2.75) is 105 Å². The second kappa shape index (κ2) is 18.4. The number of methoxy groups -OCH3 is 1. The predicted octanol–water partition coefficient (Wildman–Crippen LogP) is 4.49. The molecule has 3 heterocycles. The lowest BCUT2D eigenvalue weighted by Crippen LogP contribution is -2.46. The Balaban J connectivity index is 1.94. The van der Waals surface area contributed by atoms with E-state index < -0.39 is 49.6 Å². The second-order valence-electron chi connectivity index (χ2n) is 15.6. The Morgan fingerprint density at radius 3 is 2.00 bits per heavy atom. The lowest BCUT2D eigenvalue weighted by Gasteiger charge is -2.30. The van der Waals surface area contributed by atoms with E-state index in [0.29, 0.717) is 28.5 Å². The first-order chi connectivity index (χ1) is 24.1. The maximum atomic E-state index is 14.9. The van der Waals surface area contributed by atoms with Crippen LogP contribution >= 0.6 is 31.2 Å². The van der Waals surface area contributed by atoms with Crippen LogP contribution in [0.25, 0.3) is 11.2 Å². The molecule has 0 radical (unpaired) electrons. The van der Waals surface area contributed by atoms with Crippen molar-refractivity contribution in [1.82, 2.24) is 29.7 Å². The lowest BCUT2D eigenvalue weighted by atomic mass is 9.99. The van der Waals surface area contributed by atoms with Crippen LogP contribution in [0.15, 0.2) is 0 Å². The van der Waals surface area contributed by atoms with Gasteiger partial charge in [-0.15, -0.1) is 0 Å². The second-order valence-corrected chi connectivity index (χ2v) is 19.4. The Hall–Kier alpha value is -2.18. The molecule has 52 heavy (non-hydrogen) atoms. The van der Waals surface area contributed by atoms with Crippen molar-refractivity contribution in [3.63, 3.8) is 0 Å². The number of imidazole rings is 1. The molecule has 0 aromatic carbocycles. The first-order valence-electron chi connectivity index (χ1n) is 17.2. The number of esters is 2. The summed E-state index contributed by atoms with van der Waals surface area (Å²) in [6, 6.07) is -2.05. The molecule has 0 bridgehead atoms. The normalized spacial score (nSPS) is 21.8. The van der Waals surface area contributed by atoms with Crippen LogP contribution in [0.3, 0.4) is 0 Å². The number of thioether (sulfide) groups is 2. The van der Waals surface area contributed by atoms with Crippen LogP contribution in [0.2, 0.25) is 0 Å². The number of aryl methyl sites for hydroxylation is 1. The Morgan fingerprint density at radius 1 is 1.02 bits per heavy atom. The molecule has 5 unspecified atom stereocenters. The topological polar surface area (TPSA) is 211 Å². The number of hydrogen-bond donors (Lipinski definition) is 4. The molecule has 0 saturated carbocycles. The molecule has 2 aromatic rings. The fourth-order valence-electron chi connectivity index (χ4n) is 5.30. The maximum Gasteiger partial charge on any atom is 0.342 e. The number of nitrogens with zero attached hydrogens (tertiary/aromatic N) is 4. The third-order valence-corrected chi connectivity index (χ3v) is 10.9. The zero-order valence-corrected chi connectivity index (χ0v) is 34.8. The van der Waals surface area contributed by atoms with Gasteiger partial charge in [0.25, 0.3) is 0 Å². The zero-order valence-electron chi connectivity index (χ0n) is 32.3. The van der Waals surface area contributed by atoms with Crippen molar-refractivity contribution in [1.29, 1.82) is 0 Å². The summed E-state index contributed by atoms with van der Waals surface area (Å²) in [5.41, 5.74) is 4.54. The van der Waals surface area contributed by atoms with Crippen LogP contribution in [-0.4, -0.2) is 111 Å². The number of aliphatic hydroxyl groups is 1. The van der Waals surface area contributed by atoms with E-state index in [0.717, 1.165) is 0 Å². The Morgan fingerprint density at radius 2 is 1.54 bits per heavy atom. The molecule has 19 heteroatoms. The van der Waals surface area contributed by atoms with Crippen molar-refractivity contribution in [2.24, 2.45) is 10.8 Å². The van der Waals surface area contributed by atoms with E-state index in [4.69, 9.17) is 29.2 Å². The molecular weight excluding hydrogens is 734 g/mol. The van der Waals surface area contributed by atoms with Crippen LogP contribution in [0.5, 0.6) is 5.88 Å². The average molecular weight is 792 g/mol. The summed E-state index contributed by atoms with van der Waals surface area (Å²) in [6.45, 7) is 15.0. The van der Waals surface area contributed by atoms with Gasteiger partial charge in [-0.05, 0) is 61.5 Å². The number of fused-ring (bicyclic) bond motifs is 1. The van der Waals surface area contributed by atoms with Gasteiger partial charge in [-0.3, -0.25) is 18.7 Å². The molecule has 1 fully saturated rings. The average Bonchev–Trinajstić information content (AvgIpc) is 3.53. The molecule has 296 valence electrons. The minimum absolute atomic E-state index is 0.0461. The fourth-order valence-corrected chi connectivity index (χ4v) is 8.13. The summed E-state index contributed by atoms with van der Waals surface area (Å²) in [7, 11) is -2.80. The van der Waals surface area contributed by atoms with E-state index in [2.05, 4.69) is 25.1 Å². The molecule has 16 nitrogen and oxygen atoms in total. The lowest BCUT2D eigenvalue weighted by molar-refractivity contribution is -0.148. The van der Waals surface area contributed by atoms with Crippen LogP contribution < -0.4 is 20.6 Å². The minimum atomic E-state index is -4.24. The highest BCUT2D eigenvalue weighted by atomic mass is 32.2. The summed E-state index contributed by atoms with van der Waals surface area (Å²) in [6.07, 6.45) is 2.65. The number of hydrogen-bond acceptors (Lipinski definition) is 15. The largest absolute Gasteiger partial charge is 0.479 e. The van der Waals surface area contributed by atoms with E-state index in [1.807, 2.05) is 54.1 Å². The number of nitrogen functional groups attached to an aromatic ring is 1. The summed E-state index contributed by atoms with van der Waals surface area (Å²) in [4.78, 5) is 39.8. The van der Waals surface area contributed by atoms with Crippen molar-refractivity contribution in [2.75, 3.05) is 56.7 Å². The molecule has 0 aliphatic carbocycles. The number of ether oxygens (including phenoxy) is 4. The van der Waals surface area contributed by atoms with Crippen molar-refractivity contribution in [3.05, 3.63) is 5.82 Å². The smallest absolute Gasteiger partial charge is 0.342 e. The summed E-state index contributed by atoms with van der Waals surface area (Å²) in [5.74, 6) is 0.516. The van der Waals surface area contributed by atoms with E-state index >= 15 is 0 Å². The SMILES string of the molecule is COc1nc(N)nc2c1nc(C)n2C1OC(COP(=O)(NC(CCSC)C(=O)OCC(C)(C)C)NC(CCSC)C(=O)OCC(C)(C)C)CC1(C)O. The molecule has 5 atom stereocenters. The number of rotatable bonds is 19. The molecular formula is C33H58N7O9PS2. The molecule has 1 aliphatic rings. The molecule has 0 spiro atoms. The molecule has 0 amide bonds. The van der Waals surface area contributed by atoms with Crippen LogP contribution in [0.1, 0.15) is 79.8 Å². The Bertz CT molecular complexity index is 1520. The highest BCUT2D eigenvalue weighted by Crippen LogP contribution is 2.45. The number of aromatic nitrogens is 4. The first-order valence-corrected chi connectivity index (χ1v) is 21.6. The number of nitrogens with one attached hydrogen (secondary N) is 2. The van der Waals surface area contributed by atoms with Gasteiger partial charge in [-0.1, -0.05) is 41.5 Å². The predicted molar refractivity (Wildman–Crippen MR) is 204 cm³/mol. The molecule has 2 aromatic heterocycles. The van der Waals surface area contributed by atoms with Gasteiger partial charge in [-0.25, -0.2) is 15.2 Å². The highest BCUT2D eigenvalue weighted by Gasteiger charge is 2.48. The number of nitrogens with two attached hydrogens (primary N) is 1. The van der Waals surface area contributed by atoms with Crippen LogP contribution in [0.4, 0.5) is 5.95 Å². The molecule has 1 saturated heterocycles. The van der Waals surface area contributed by atoms with Gasteiger partial charge in [0.15, 0.2) is 17.4 Å². The third kappa shape index (κ3) is 12.7. The molecule has 1 aliphatic heterocycles. The summed E-state index contributed by atoms with van der Waals surface area (Å²) >= 11 is 3.04. The van der Waals surface area contributed by atoms with Gasteiger partial charge >= 0.3 is 19.6 Å². The standard InChI is InChI=1S/C33H58N7O9PS2/c1-20-35-24-25(36-30(34)37-26(24)45-9)40(20)29-33(8,43)16-21(49-29)17-48-50(44,38-22(12-14-51-10)27(41)46-18-31(2,3)4)39-23(13-15-52-11)28(42)47-19-32(5,6)7/h21-23,29,43H,12-19H2,1-11H3,(H2,34,36,37)(H2,38,39,44). The Kier molecular flexibility index (Phi) is 15.7. The van der Waals surface area contributed by atoms with Gasteiger partial charge in [-0.2, -0.15) is 33.5 Å². The molecule has 3 rings (SSSR count). The van der Waals surface area contributed by atoms with Crippen molar-refractivity contribution >= 4 is 60.2 Å². The van der Waals surface area contributed by atoms with Crippen LogP contribution in [0, 0.1) is 17.8 Å². The number of carbonyl (C=O) groups excluding carboxylic acids is 2. The monoisotopic (exact) mass is 791 g/mol. The first kappa shape index (κ1) is 44.2. The van der Waals surface area contributed by atoms with Crippen molar-refractivity contribution in [3.8, 4) is 5.88 Å². The van der Waals surface area contributed by atoms with Gasteiger partial charge in [0.2, 0.25) is 11.8 Å². The number of carbonyl (C=O) groups is 2. The van der Waals surface area contributed by atoms with E-state index in [9.17, 15) is 19.3 Å². The highest BCUT2D eigenvalue weighted by molar-refractivity contribution is 7.98. The minimum Gasteiger partial charge on any atom is -0.479 e. The molecule has 5 N–H and O–H groups in total. The maximum absolute atomic E-state index is 14.9. The third-order valence-electron chi connectivity index (χ3n) is 7.80. The van der Waals surface area contributed by atoms with Gasteiger partial charge in [0.1, 0.15) is 23.5 Å². The summed E-state index contributed by atoms with van der Waals surface area (Å²) in [5, 5.41) is 17.4. The van der Waals surface area contributed by atoms with Crippen LogP contribution in [-0.2, 0) is 32.9 Å². The Labute approximate surface area is 315 Å². The van der Waals surface area contributed by atoms with Gasteiger partial charge in [0, 0.05) is 6.42 Å². The quantitative estimate of drug-likeness (QED) is 0.114. The zero-order chi connectivity index (χ0) is 39.1. The van der Waals surface area contributed by atoms with E-state index in [1.165, 1.54) is 30.6 Å². The van der Waals surface area contributed by atoms with Crippen molar-refractivity contribution < 1.29 is 42.7 Å². The number of anilines is 1. The van der Waals surface area contributed by atoms with E-state index in [1.54, 1.807) is 18.4 Å². The van der Waals surface area contributed by atoms with E-state index in [-0.39, 0.29) is 61.7 Å². The van der Waals surface area contributed by atoms with Gasteiger partial charge < -0.3 is 34.3 Å². The van der Waals surface area contributed by atoms with Gasteiger partial charge in [0.05, 0.1) is 33.0 Å². The fraction of sp³-hybridized carbons (Fsp3) is 0.788.